The Morgan fingerprint density at radius 1 is 1.12 bits per heavy atom. The van der Waals surface area contributed by atoms with Crippen LogP contribution >= 0.6 is 11.8 Å². The molecule has 182 valence electrons. The number of anilines is 2. The number of hydrogen-bond donors (Lipinski definition) is 6. The van der Waals surface area contributed by atoms with Crippen molar-refractivity contribution in [1.29, 1.82) is 0 Å². The molecule has 6 N–H and O–H groups in total. The number of aliphatic hydroxyl groups is 3. The number of allylic oxidation sites excluding steroid dienone is 1. The number of fused-ring (bicyclic) bond motifs is 1. The standard InChI is InChI=1S/C25H32N4O4S/c30-13-15-12-17(22(32)21(15)31)27-23-20(19-11-5-7-14-6-1-4-10-18(14)34-19)24(33)29-25(28-23)26-16-8-2-3-9-16/h1,4,6,10-11,15-17,21-22,30-32H,2-3,5,7-9,12-13H2,(H3,26,27,28,29,33). The predicted octanol–water partition coefficient (Wildman–Crippen LogP) is 2.72. The van der Waals surface area contributed by atoms with Gasteiger partial charge in [-0.25, -0.2) is 0 Å². The molecule has 2 aliphatic carbocycles. The van der Waals surface area contributed by atoms with Gasteiger partial charge in [0.25, 0.3) is 5.56 Å². The number of aliphatic hydroxyl groups excluding tert-OH is 3. The second-order valence-corrected chi connectivity index (χ2v) is 10.6. The Bertz CT molecular complexity index is 1110. The molecule has 4 unspecified atom stereocenters. The largest absolute Gasteiger partial charge is 0.396 e. The highest BCUT2D eigenvalue weighted by Crippen LogP contribution is 2.41. The number of aromatic amines is 1. The van der Waals surface area contributed by atoms with Crippen molar-refractivity contribution in [2.75, 3.05) is 17.2 Å². The maximum atomic E-state index is 13.4. The molecule has 0 radical (unpaired) electrons. The molecule has 0 saturated heterocycles. The molecule has 0 bridgehead atoms. The van der Waals surface area contributed by atoms with Gasteiger partial charge in [-0.1, -0.05) is 48.9 Å². The van der Waals surface area contributed by atoms with Gasteiger partial charge in [0.05, 0.1) is 17.7 Å². The van der Waals surface area contributed by atoms with Crippen LogP contribution in [-0.4, -0.2) is 56.2 Å². The maximum absolute atomic E-state index is 13.4. The zero-order valence-electron chi connectivity index (χ0n) is 19.0. The van der Waals surface area contributed by atoms with E-state index in [0.717, 1.165) is 48.3 Å². The first-order chi connectivity index (χ1) is 16.5. The van der Waals surface area contributed by atoms with Crippen LogP contribution in [-0.2, 0) is 6.42 Å². The molecule has 2 saturated carbocycles. The summed E-state index contributed by atoms with van der Waals surface area (Å²) in [4.78, 5) is 23.0. The van der Waals surface area contributed by atoms with Crippen molar-refractivity contribution in [3.05, 3.63) is 51.8 Å². The van der Waals surface area contributed by atoms with Crippen molar-refractivity contribution < 1.29 is 15.3 Å². The van der Waals surface area contributed by atoms with Gasteiger partial charge >= 0.3 is 0 Å². The molecule has 2 heterocycles. The van der Waals surface area contributed by atoms with E-state index < -0.39 is 24.2 Å². The Balaban J connectivity index is 1.51. The van der Waals surface area contributed by atoms with Crippen LogP contribution in [0.3, 0.4) is 0 Å². The third kappa shape index (κ3) is 4.75. The minimum Gasteiger partial charge on any atom is -0.396 e. The van der Waals surface area contributed by atoms with E-state index in [1.165, 1.54) is 5.56 Å². The first-order valence-corrected chi connectivity index (χ1v) is 13.0. The van der Waals surface area contributed by atoms with Gasteiger partial charge in [-0.2, -0.15) is 4.98 Å². The third-order valence-corrected chi connectivity index (χ3v) is 8.37. The smallest absolute Gasteiger partial charge is 0.262 e. The summed E-state index contributed by atoms with van der Waals surface area (Å²) in [5.41, 5.74) is 1.44. The van der Waals surface area contributed by atoms with Gasteiger partial charge in [0.2, 0.25) is 5.95 Å². The number of nitrogens with zero attached hydrogens (tertiary/aromatic N) is 1. The van der Waals surface area contributed by atoms with Crippen molar-refractivity contribution in [3.63, 3.8) is 0 Å². The lowest BCUT2D eigenvalue weighted by Gasteiger charge is -2.22. The highest BCUT2D eigenvalue weighted by molar-refractivity contribution is 8.08. The van der Waals surface area contributed by atoms with Crippen molar-refractivity contribution in [3.8, 4) is 0 Å². The van der Waals surface area contributed by atoms with E-state index >= 15 is 0 Å². The average Bonchev–Trinajstić information content (AvgIpc) is 3.36. The molecule has 34 heavy (non-hydrogen) atoms. The lowest BCUT2D eigenvalue weighted by atomic mass is 10.1. The molecule has 0 spiro atoms. The Kier molecular flexibility index (Phi) is 6.96. The highest BCUT2D eigenvalue weighted by atomic mass is 32.2. The molecular formula is C25H32N4O4S. The summed E-state index contributed by atoms with van der Waals surface area (Å²) < 4.78 is 0. The Morgan fingerprint density at radius 2 is 1.91 bits per heavy atom. The summed E-state index contributed by atoms with van der Waals surface area (Å²) >= 11 is 1.55. The van der Waals surface area contributed by atoms with Crippen molar-refractivity contribution in [1.82, 2.24) is 9.97 Å². The number of rotatable bonds is 6. The summed E-state index contributed by atoms with van der Waals surface area (Å²) in [7, 11) is 0. The molecule has 4 atom stereocenters. The Hall–Kier alpha value is -2.33. The van der Waals surface area contributed by atoms with E-state index in [0.29, 0.717) is 23.8 Å². The molecule has 0 amide bonds. The van der Waals surface area contributed by atoms with Crippen LogP contribution in [0.1, 0.15) is 49.7 Å². The topological polar surface area (TPSA) is 130 Å². The molecule has 3 aliphatic rings. The van der Waals surface area contributed by atoms with Crippen LogP contribution in [0.15, 0.2) is 40.0 Å². The Labute approximate surface area is 202 Å². The highest BCUT2D eigenvalue weighted by Gasteiger charge is 2.41. The Morgan fingerprint density at radius 3 is 2.68 bits per heavy atom. The fourth-order valence-corrected chi connectivity index (χ4v) is 6.42. The van der Waals surface area contributed by atoms with Crippen LogP contribution in [0.4, 0.5) is 11.8 Å². The van der Waals surface area contributed by atoms with Gasteiger partial charge in [0, 0.05) is 28.4 Å². The van der Waals surface area contributed by atoms with E-state index in [2.05, 4.69) is 33.8 Å². The lowest BCUT2D eigenvalue weighted by molar-refractivity contribution is 0.00445. The van der Waals surface area contributed by atoms with Crippen molar-refractivity contribution >= 4 is 28.4 Å². The first kappa shape index (κ1) is 23.4. The van der Waals surface area contributed by atoms with E-state index in [1.807, 2.05) is 12.1 Å². The van der Waals surface area contributed by atoms with Gasteiger partial charge in [-0.15, -0.1) is 0 Å². The summed E-state index contributed by atoms with van der Waals surface area (Å²) in [6, 6.07) is 7.95. The molecule has 9 heteroatoms. The molecule has 5 rings (SSSR count). The summed E-state index contributed by atoms with van der Waals surface area (Å²) in [6.07, 6.45) is 6.46. The fraction of sp³-hybridized carbons (Fsp3) is 0.520. The zero-order valence-corrected chi connectivity index (χ0v) is 19.9. The average molecular weight is 485 g/mol. The molecular weight excluding hydrogens is 452 g/mol. The van der Waals surface area contributed by atoms with E-state index in [9.17, 15) is 20.1 Å². The molecule has 1 aromatic carbocycles. The minimum atomic E-state index is -1.06. The second-order valence-electron chi connectivity index (χ2n) is 9.49. The van der Waals surface area contributed by atoms with Gasteiger partial charge < -0.3 is 26.0 Å². The minimum absolute atomic E-state index is 0.210. The van der Waals surface area contributed by atoms with E-state index in [1.54, 1.807) is 11.8 Å². The van der Waals surface area contributed by atoms with Gasteiger partial charge in [0.1, 0.15) is 11.9 Å². The van der Waals surface area contributed by atoms with Crippen LogP contribution in [0.25, 0.3) is 4.91 Å². The second kappa shape index (κ2) is 10.1. The summed E-state index contributed by atoms with van der Waals surface area (Å²) in [5, 5.41) is 37.1. The van der Waals surface area contributed by atoms with Crippen LogP contribution in [0, 0.1) is 5.92 Å². The number of benzene rings is 1. The van der Waals surface area contributed by atoms with Crippen molar-refractivity contribution in [2.24, 2.45) is 5.92 Å². The van der Waals surface area contributed by atoms with E-state index in [-0.39, 0.29) is 18.2 Å². The van der Waals surface area contributed by atoms with Gasteiger partial charge in [-0.3, -0.25) is 9.78 Å². The lowest BCUT2D eigenvalue weighted by Crippen LogP contribution is -2.36. The number of nitrogens with one attached hydrogen (secondary N) is 3. The normalized spacial score (nSPS) is 27.2. The van der Waals surface area contributed by atoms with Gasteiger partial charge in [-0.05, 0) is 43.7 Å². The number of hydrogen-bond acceptors (Lipinski definition) is 8. The zero-order chi connectivity index (χ0) is 23.7. The molecule has 1 aromatic heterocycles. The fourth-order valence-electron chi connectivity index (χ4n) is 5.24. The summed E-state index contributed by atoms with van der Waals surface area (Å²) in [5.74, 6) is 0.374. The van der Waals surface area contributed by atoms with Crippen LogP contribution < -0.4 is 16.2 Å². The molecule has 1 aliphatic heterocycles. The molecule has 2 aromatic rings. The van der Waals surface area contributed by atoms with E-state index in [4.69, 9.17) is 4.98 Å². The third-order valence-electron chi connectivity index (χ3n) is 7.16. The number of thioether (sulfide) groups is 1. The predicted molar refractivity (Wildman–Crippen MR) is 134 cm³/mol. The number of aromatic nitrogens is 2. The quantitative estimate of drug-likeness (QED) is 0.369. The molecule has 8 nitrogen and oxygen atoms in total. The molecule has 2 fully saturated rings. The number of aryl methyl sites for hydroxylation is 1. The first-order valence-electron chi connectivity index (χ1n) is 12.1. The number of H-pyrrole nitrogens is 1. The van der Waals surface area contributed by atoms with Crippen LogP contribution in [0.2, 0.25) is 0 Å². The van der Waals surface area contributed by atoms with Crippen LogP contribution in [0.5, 0.6) is 0 Å². The summed E-state index contributed by atoms with van der Waals surface area (Å²) in [6.45, 7) is -0.210. The maximum Gasteiger partial charge on any atom is 0.262 e. The van der Waals surface area contributed by atoms with Crippen molar-refractivity contribution in [2.45, 2.75) is 74.1 Å². The van der Waals surface area contributed by atoms with Gasteiger partial charge in [0.15, 0.2) is 0 Å². The SMILES string of the molecule is O=c1[nH]c(NC2CCCC2)nc(NC2CC(CO)C(O)C2O)c1C1=CCCc2ccccc2S1. The monoisotopic (exact) mass is 484 g/mol.